The number of anilines is 1. The zero-order valence-corrected chi connectivity index (χ0v) is 9.71. The van der Waals surface area contributed by atoms with E-state index in [0.29, 0.717) is 0 Å². The molecular weight excluding hydrogens is 204 g/mol. The first-order valence-electron chi connectivity index (χ1n) is 4.97. The Labute approximate surface area is 94.0 Å². The van der Waals surface area contributed by atoms with Crippen molar-refractivity contribution in [2.24, 2.45) is 0 Å². The van der Waals surface area contributed by atoms with E-state index >= 15 is 0 Å². The molecule has 1 heterocycles. The van der Waals surface area contributed by atoms with E-state index in [0.717, 1.165) is 5.69 Å². The first-order valence-corrected chi connectivity index (χ1v) is 5.92. The number of hydrogen-bond acceptors (Lipinski definition) is 3. The lowest BCUT2D eigenvalue weighted by atomic mass is 10.1. The van der Waals surface area contributed by atoms with Gasteiger partial charge in [0, 0.05) is 11.1 Å². The number of thiazole rings is 1. The fraction of sp³-hybridized carbons (Fsp3) is 0.250. The summed E-state index contributed by atoms with van der Waals surface area (Å²) < 4.78 is 0. The van der Waals surface area contributed by atoms with E-state index in [1.807, 2.05) is 17.6 Å². The Balaban J connectivity index is 2.13. The van der Waals surface area contributed by atoms with E-state index in [1.165, 1.54) is 11.3 Å². The lowest BCUT2D eigenvalue weighted by Crippen LogP contribution is -2.07. The third-order valence-electron chi connectivity index (χ3n) is 2.41. The highest BCUT2D eigenvalue weighted by molar-refractivity contribution is 7.07. The molecular formula is C12H14N2S. The summed E-state index contributed by atoms with van der Waals surface area (Å²) >= 11 is 1.63. The van der Waals surface area contributed by atoms with Crippen molar-refractivity contribution >= 4 is 17.0 Å². The Hall–Kier alpha value is -1.35. The van der Waals surface area contributed by atoms with Crippen molar-refractivity contribution in [3.8, 4) is 0 Å². The predicted octanol–water partition coefficient (Wildman–Crippen LogP) is 3.62. The van der Waals surface area contributed by atoms with Crippen LogP contribution >= 0.6 is 11.3 Å². The van der Waals surface area contributed by atoms with Crippen molar-refractivity contribution in [1.29, 1.82) is 0 Å². The van der Waals surface area contributed by atoms with Crippen LogP contribution < -0.4 is 5.32 Å². The largest absolute Gasteiger partial charge is 0.377 e. The smallest absolute Gasteiger partial charge is 0.0795 e. The van der Waals surface area contributed by atoms with Crippen molar-refractivity contribution in [3.05, 3.63) is 46.4 Å². The van der Waals surface area contributed by atoms with Crippen molar-refractivity contribution in [2.45, 2.75) is 19.9 Å². The number of benzene rings is 1. The van der Waals surface area contributed by atoms with Gasteiger partial charge >= 0.3 is 0 Å². The minimum Gasteiger partial charge on any atom is -0.377 e. The molecule has 1 aromatic carbocycles. The molecule has 0 saturated heterocycles. The predicted molar refractivity (Wildman–Crippen MR) is 65.3 cm³/mol. The van der Waals surface area contributed by atoms with Crippen LogP contribution in [0, 0.1) is 6.92 Å². The first kappa shape index (κ1) is 10.2. The SMILES string of the molecule is Cc1ccccc1NC(C)c1cscn1. The van der Waals surface area contributed by atoms with Gasteiger partial charge in [-0.3, -0.25) is 0 Å². The topological polar surface area (TPSA) is 24.9 Å². The molecule has 2 rings (SSSR count). The lowest BCUT2D eigenvalue weighted by molar-refractivity contribution is 0.848. The number of hydrogen-bond donors (Lipinski definition) is 1. The molecule has 0 saturated carbocycles. The Bertz CT molecular complexity index is 423. The Kier molecular flexibility index (Phi) is 3.02. The summed E-state index contributed by atoms with van der Waals surface area (Å²) in [6.07, 6.45) is 0. The van der Waals surface area contributed by atoms with Crippen LogP contribution in [-0.4, -0.2) is 4.98 Å². The van der Waals surface area contributed by atoms with Crippen LogP contribution in [0.4, 0.5) is 5.69 Å². The second-order valence-corrected chi connectivity index (χ2v) is 4.31. The van der Waals surface area contributed by atoms with Crippen LogP contribution in [0.1, 0.15) is 24.2 Å². The van der Waals surface area contributed by atoms with Crippen LogP contribution in [0.2, 0.25) is 0 Å². The Morgan fingerprint density at radius 3 is 2.80 bits per heavy atom. The molecule has 0 aliphatic carbocycles. The van der Waals surface area contributed by atoms with Gasteiger partial charge in [-0.1, -0.05) is 18.2 Å². The highest BCUT2D eigenvalue weighted by Crippen LogP contribution is 2.21. The minimum absolute atomic E-state index is 0.261. The fourth-order valence-electron chi connectivity index (χ4n) is 1.48. The van der Waals surface area contributed by atoms with Gasteiger partial charge in [-0.15, -0.1) is 11.3 Å². The molecule has 0 spiro atoms. The first-order chi connectivity index (χ1) is 7.27. The molecule has 3 heteroatoms. The van der Waals surface area contributed by atoms with Crippen molar-refractivity contribution in [2.75, 3.05) is 5.32 Å². The fourth-order valence-corrected chi connectivity index (χ4v) is 2.13. The molecule has 0 fully saturated rings. The van der Waals surface area contributed by atoms with Gasteiger partial charge in [0.1, 0.15) is 0 Å². The summed E-state index contributed by atoms with van der Waals surface area (Å²) in [5, 5.41) is 5.54. The quantitative estimate of drug-likeness (QED) is 0.851. The normalized spacial score (nSPS) is 12.4. The van der Waals surface area contributed by atoms with E-state index in [9.17, 15) is 0 Å². The summed E-state index contributed by atoms with van der Waals surface area (Å²) in [6.45, 7) is 4.23. The average molecular weight is 218 g/mol. The highest BCUT2D eigenvalue weighted by Gasteiger charge is 2.07. The Morgan fingerprint density at radius 1 is 1.33 bits per heavy atom. The van der Waals surface area contributed by atoms with Gasteiger partial charge in [0.05, 0.1) is 17.2 Å². The van der Waals surface area contributed by atoms with E-state index in [2.05, 4.69) is 41.7 Å². The molecule has 15 heavy (non-hydrogen) atoms. The molecule has 1 N–H and O–H groups in total. The number of nitrogens with one attached hydrogen (secondary N) is 1. The number of nitrogens with zero attached hydrogens (tertiary/aromatic N) is 1. The summed E-state index contributed by atoms with van der Waals surface area (Å²) in [5.74, 6) is 0. The molecule has 2 nitrogen and oxygen atoms in total. The van der Waals surface area contributed by atoms with Crippen LogP contribution in [-0.2, 0) is 0 Å². The van der Waals surface area contributed by atoms with E-state index < -0.39 is 0 Å². The summed E-state index contributed by atoms with van der Waals surface area (Å²) in [5.41, 5.74) is 5.41. The van der Waals surface area contributed by atoms with Gasteiger partial charge in [-0.05, 0) is 25.5 Å². The van der Waals surface area contributed by atoms with E-state index in [-0.39, 0.29) is 6.04 Å². The summed E-state index contributed by atoms with van der Waals surface area (Å²) in [6, 6.07) is 8.56. The molecule has 0 radical (unpaired) electrons. The zero-order chi connectivity index (χ0) is 10.7. The van der Waals surface area contributed by atoms with Gasteiger partial charge in [0.2, 0.25) is 0 Å². The standard InChI is InChI=1S/C12H14N2S/c1-9-5-3-4-6-11(9)14-10(2)12-7-15-8-13-12/h3-8,10,14H,1-2H3. The molecule has 1 unspecified atom stereocenters. The monoisotopic (exact) mass is 218 g/mol. The van der Waals surface area contributed by atoms with Crippen LogP contribution in [0.5, 0.6) is 0 Å². The van der Waals surface area contributed by atoms with Gasteiger partial charge in [0.15, 0.2) is 0 Å². The maximum absolute atomic E-state index is 4.30. The molecule has 78 valence electrons. The van der Waals surface area contributed by atoms with Gasteiger partial charge in [-0.25, -0.2) is 4.98 Å². The lowest BCUT2D eigenvalue weighted by Gasteiger charge is -2.14. The van der Waals surface area contributed by atoms with Crippen LogP contribution in [0.15, 0.2) is 35.2 Å². The molecule has 1 atom stereocenters. The summed E-state index contributed by atoms with van der Waals surface area (Å²) in [4.78, 5) is 4.30. The number of aryl methyl sites for hydroxylation is 1. The third kappa shape index (κ3) is 2.36. The number of para-hydroxylation sites is 1. The van der Waals surface area contributed by atoms with Crippen LogP contribution in [0.3, 0.4) is 0 Å². The molecule has 0 aliphatic rings. The number of rotatable bonds is 3. The average Bonchev–Trinajstić information content (AvgIpc) is 2.74. The van der Waals surface area contributed by atoms with E-state index in [4.69, 9.17) is 0 Å². The van der Waals surface area contributed by atoms with Crippen molar-refractivity contribution < 1.29 is 0 Å². The molecule has 0 amide bonds. The van der Waals surface area contributed by atoms with E-state index in [1.54, 1.807) is 11.3 Å². The zero-order valence-electron chi connectivity index (χ0n) is 8.90. The van der Waals surface area contributed by atoms with Crippen LogP contribution in [0.25, 0.3) is 0 Å². The van der Waals surface area contributed by atoms with Crippen molar-refractivity contribution in [1.82, 2.24) is 4.98 Å². The van der Waals surface area contributed by atoms with Crippen molar-refractivity contribution in [3.63, 3.8) is 0 Å². The molecule has 2 aromatic rings. The maximum Gasteiger partial charge on any atom is 0.0795 e. The van der Waals surface area contributed by atoms with Gasteiger partial charge < -0.3 is 5.32 Å². The van der Waals surface area contributed by atoms with Gasteiger partial charge in [0.25, 0.3) is 0 Å². The Morgan fingerprint density at radius 2 is 2.13 bits per heavy atom. The minimum atomic E-state index is 0.261. The van der Waals surface area contributed by atoms with Gasteiger partial charge in [-0.2, -0.15) is 0 Å². The summed E-state index contributed by atoms with van der Waals surface area (Å²) in [7, 11) is 0. The highest BCUT2D eigenvalue weighted by atomic mass is 32.1. The second kappa shape index (κ2) is 4.45. The maximum atomic E-state index is 4.30. The molecule has 0 aliphatic heterocycles. The molecule has 1 aromatic heterocycles. The third-order valence-corrected chi connectivity index (χ3v) is 3.02. The second-order valence-electron chi connectivity index (χ2n) is 3.59. The number of aromatic nitrogens is 1. The molecule has 0 bridgehead atoms.